The lowest BCUT2D eigenvalue weighted by Crippen LogP contribution is -2.10. The molecule has 0 aliphatic rings. The van der Waals surface area contributed by atoms with Crippen molar-refractivity contribution in [1.29, 1.82) is 0 Å². The van der Waals surface area contributed by atoms with Crippen molar-refractivity contribution < 1.29 is 9.53 Å². The summed E-state index contributed by atoms with van der Waals surface area (Å²) >= 11 is 6.27. The summed E-state index contributed by atoms with van der Waals surface area (Å²) in [5.41, 5.74) is 8.22. The van der Waals surface area contributed by atoms with Crippen molar-refractivity contribution in [2.45, 2.75) is 19.8 Å². The van der Waals surface area contributed by atoms with Crippen LogP contribution in [0.3, 0.4) is 0 Å². The zero-order valence-corrected chi connectivity index (χ0v) is 13.1. The highest BCUT2D eigenvalue weighted by atomic mass is 35.5. The van der Waals surface area contributed by atoms with Gasteiger partial charge in [-0.05, 0) is 24.6 Å². The van der Waals surface area contributed by atoms with E-state index in [2.05, 4.69) is 5.10 Å². The third-order valence-corrected chi connectivity index (χ3v) is 3.83. The highest BCUT2D eigenvalue weighted by Crippen LogP contribution is 2.25. The molecule has 1 aromatic heterocycles. The number of carbonyl (C=O) groups excluding carboxylic acids is 1. The molecule has 112 valence electrons. The minimum absolute atomic E-state index is 0.112. The minimum Gasteiger partial charge on any atom is -0.497 e. The monoisotopic (exact) mass is 307 g/mol. The van der Waals surface area contributed by atoms with Crippen LogP contribution in [0.2, 0.25) is 5.02 Å². The van der Waals surface area contributed by atoms with E-state index in [-0.39, 0.29) is 12.2 Å². The maximum absolute atomic E-state index is 12.5. The van der Waals surface area contributed by atoms with Crippen LogP contribution in [0.25, 0.3) is 0 Å². The molecule has 0 fully saturated rings. The Balaban J connectivity index is 2.32. The number of nitrogens with two attached hydrogens (primary N) is 1. The zero-order chi connectivity index (χ0) is 15.6. The molecular weight excluding hydrogens is 290 g/mol. The Kier molecular flexibility index (Phi) is 4.53. The van der Waals surface area contributed by atoms with Crippen LogP contribution in [0.15, 0.2) is 18.2 Å². The molecule has 2 aromatic rings. The topological polar surface area (TPSA) is 70.1 Å². The molecule has 0 spiro atoms. The Bertz CT molecular complexity index is 680. The van der Waals surface area contributed by atoms with E-state index in [1.807, 2.05) is 6.92 Å². The second kappa shape index (κ2) is 6.18. The molecule has 6 heteroatoms. The number of aryl methyl sites for hydroxylation is 2. The SMILES string of the molecule is CCc1nn(C)c(CC(=O)c2cc(OC)ccc2N)c1Cl. The molecule has 1 heterocycles. The van der Waals surface area contributed by atoms with Crippen molar-refractivity contribution >= 4 is 23.1 Å². The Labute approximate surface area is 128 Å². The average Bonchev–Trinajstić information content (AvgIpc) is 2.75. The highest BCUT2D eigenvalue weighted by Gasteiger charge is 2.19. The van der Waals surface area contributed by atoms with Crippen molar-refractivity contribution in [1.82, 2.24) is 9.78 Å². The van der Waals surface area contributed by atoms with E-state index in [1.165, 1.54) is 0 Å². The highest BCUT2D eigenvalue weighted by molar-refractivity contribution is 6.32. The molecule has 2 rings (SSSR count). The van der Waals surface area contributed by atoms with Gasteiger partial charge in [-0.25, -0.2) is 0 Å². The van der Waals surface area contributed by atoms with Crippen molar-refractivity contribution in [3.8, 4) is 5.75 Å². The number of ketones is 1. The number of anilines is 1. The summed E-state index contributed by atoms with van der Waals surface area (Å²) in [6.45, 7) is 1.97. The zero-order valence-electron chi connectivity index (χ0n) is 12.3. The van der Waals surface area contributed by atoms with Crippen LogP contribution in [-0.4, -0.2) is 22.7 Å². The molecule has 0 bridgehead atoms. The maximum Gasteiger partial charge on any atom is 0.171 e. The summed E-state index contributed by atoms with van der Waals surface area (Å²) in [6.07, 6.45) is 0.877. The summed E-state index contributed by atoms with van der Waals surface area (Å²) in [5, 5.41) is 4.86. The third kappa shape index (κ3) is 3.03. The van der Waals surface area contributed by atoms with Gasteiger partial charge in [-0.3, -0.25) is 9.48 Å². The van der Waals surface area contributed by atoms with E-state index in [0.29, 0.717) is 27.7 Å². The van der Waals surface area contributed by atoms with Gasteiger partial charge in [-0.1, -0.05) is 18.5 Å². The normalized spacial score (nSPS) is 10.7. The molecule has 0 saturated carbocycles. The summed E-state index contributed by atoms with van der Waals surface area (Å²) < 4.78 is 6.78. The van der Waals surface area contributed by atoms with Gasteiger partial charge in [0.2, 0.25) is 0 Å². The predicted octanol–water partition coefficient (Wildman–Crippen LogP) is 2.65. The van der Waals surface area contributed by atoms with E-state index in [1.54, 1.807) is 37.0 Å². The van der Waals surface area contributed by atoms with Gasteiger partial charge < -0.3 is 10.5 Å². The number of halogens is 1. The number of ether oxygens (including phenoxy) is 1. The first-order chi connectivity index (χ1) is 9.97. The number of rotatable bonds is 5. The smallest absolute Gasteiger partial charge is 0.171 e. The van der Waals surface area contributed by atoms with Gasteiger partial charge in [0, 0.05) is 18.3 Å². The summed E-state index contributed by atoms with van der Waals surface area (Å²) in [7, 11) is 3.33. The lowest BCUT2D eigenvalue weighted by atomic mass is 10.0. The van der Waals surface area contributed by atoms with Crippen molar-refractivity contribution in [2.24, 2.45) is 7.05 Å². The van der Waals surface area contributed by atoms with Crippen molar-refractivity contribution in [3.63, 3.8) is 0 Å². The minimum atomic E-state index is -0.112. The van der Waals surface area contributed by atoms with E-state index in [9.17, 15) is 4.79 Å². The largest absolute Gasteiger partial charge is 0.497 e. The second-order valence-electron chi connectivity index (χ2n) is 4.74. The van der Waals surface area contributed by atoms with Gasteiger partial charge in [0.05, 0.1) is 29.9 Å². The Morgan fingerprint density at radius 3 is 2.76 bits per heavy atom. The summed E-state index contributed by atoms with van der Waals surface area (Å²) in [5.74, 6) is 0.483. The van der Waals surface area contributed by atoms with Gasteiger partial charge in [0.25, 0.3) is 0 Å². The molecule has 2 N–H and O–H groups in total. The molecule has 5 nitrogen and oxygen atoms in total. The lowest BCUT2D eigenvalue weighted by molar-refractivity contribution is 0.0991. The molecule has 1 aromatic carbocycles. The number of benzene rings is 1. The number of nitrogens with zero attached hydrogens (tertiary/aromatic N) is 2. The van der Waals surface area contributed by atoms with Crippen LogP contribution >= 0.6 is 11.6 Å². The van der Waals surface area contributed by atoms with E-state index in [0.717, 1.165) is 12.1 Å². The molecule has 0 unspecified atom stereocenters. The van der Waals surface area contributed by atoms with Crippen LogP contribution in [0, 0.1) is 0 Å². The standard InChI is InChI=1S/C15H18ClN3O2/c1-4-12-15(16)13(19(2)18-12)8-14(20)10-7-9(21-3)5-6-11(10)17/h5-7H,4,8,17H2,1-3H3. The van der Waals surface area contributed by atoms with Gasteiger partial charge in [0.1, 0.15) is 5.75 Å². The van der Waals surface area contributed by atoms with Crippen molar-refractivity contribution in [3.05, 3.63) is 40.2 Å². The molecule has 0 atom stereocenters. The molecule has 0 radical (unpaired) electrons. The number of methoxy groups -OCH3 is 1. The van der Waals surface area contributed by atoms with Crippen LogP contribution in [-0.2, 0) is 19.9 Å². The number of Topliss-reactive ketones (excluding diaryl/α,β-unsaturated/α-hetero) is 1. The fourth-order valence-corrected chi connectivity index (χ4v) is 2.52. The molecule has 0 aliphatic heterocycles. The Morgan fingerprint density at radius 1 is 1.48 bits per heavy atom. The van der Waals surface area contributed by atoms with E-state index in [4.69, 9.17) is 22.1 Å². The van der Waals surface area contributed by atoms with Gasteiger partial charge in [-0.15, -0.1) is 0 Å². The number of hydrogen-bond acceptors (Lipinski definition) is 4. The van der Waals surface area contributed by atoms with Crippen LogP contribution in [0.1, 0.15) is 28.7 Å². The van der Waals surface area contributed by atoms with Crippen LogP contribution in [0.5, 0.6) is 5.75 Å². The molecule has 0 amide bonds. The first kappa shape index (κ1) is 15.4. The first-order valence-corrected chi connectivity index (χ1v) is 7.02. The Morgan fingerprint density at radius 2 is 2.19 bits per heavy atom. The fraction of sp³-hybridized carbons (Fsp3) is 0.333. The molecule has 0 saturated heterocycles. The second-order valence-corrected chi connectivity index (χ2v) is 5.12. The van der Waals surface area contributed by atoms with Gasteiger partial charge in [0.15, 0.2) is 5.78 Å². The summed E-state index contributed by atoms with van der Waals surface area (Å²) in [4.78, 5) is 12.5. The number of nitrogen functional groups attached to an aromatic ring is 1. The number of hydrogen-bond donors (Lipinski definition) is 1. The van der Waals surface area contributed by atoms with Gasteiger partial charge in [-0.2, -0.15) is 5.10 Å². The Hall–Kier alpha value is -2.01. The van der Waals surface area contributed by atoms with E-state index < -0.39 is 0 Å². The lowest BCUT2D eigenvalue weighted by Gasteiger charge is -2.08. The predicted molar refractivity (Wildman–Crippen MR) is 83.0 cm³/mol. The quantitative estimate of drug-likeness (QED) is 0.681. The molecule has 0 aliphatic carbocycles. The van der Waals surface area contributed by atoms with Crippen LogP contribution < -0.4 is 10.5 Å². The molecular formula is C15H18ClN3O2. The average molecular weight is 308 g/mol. The third-order valence-electron chi connectivity index (χ3n) is 3.39. The molecule has 21 heavy (non-hydrogen) atoms. The van der Waals surface area contributed by atoms with E-state index >= 15 is 0 Å². The number of carbonyl (C=O) groups is 1. The summed E-state index contributed by atoms with van der Waals surface area (Å²) in [6, 6.07) is 5.02. The maximum atomic E-state index is 12.5. The fourth-order valence-electron chi connectivity index (χ4n) is 2.16. The van der Waals surface area contributed by atoms with Gasteiger partial charge >= 0.3 is 0 Å². The van der Waals surface area contributed by atoms with Crippen molar-refractivity contribution in [2.75, 3.05) is 12.8 Å². The first-order valence-electron chi connectivity index (χ1n) is 6.64. The number of aromatic nitrogens is 2. The van der Waals surface area contributed by atoms with Crippen LogP contribution in [0.4, 0.5) is 5.69 Å².